The Hall–Kier alpha value is -1.56. The van der Waals surface area contributed by atoms with Crippen molar-refractivity contribution in [2.24, 2.45) is 0 Å². The third kappa shape index (κ3) is 3.91. The molecule has 0 saturated carbocycles. The van der Waals surface area contributed by atoms with E-state index in [2.05, 4.69) is 40.3 Å². The van der Waals surface area contributed by atoms with E-state index in [-0.39, 0.29) is 6.10 Å². The number of nitrogens with zero attached hydrogens (tertiary/aromatic N) is 2. The van der Waals surface area contributed by atoms with Gasteiger partial charge in [-0.3, -0.25) is 4.90 Å². The van der Waals surface area contributed by atoms with Gasteiger partial charge in [-0.2, -0.15) is 0 Å². The lowest BCUT2D eigenvalue weighted by Crippen LogP contribution is -2.46. The maximum Gasteiger partial charge on any atom is 0.142 e. The van der Waals surface area contributed by atoms with E-state index in [0.717, 1.165) is 49.8 Å². The lowest BCUT2D eigenvalue weighted by Gasteiger charge is -2.36. The van der Waals surface area contributed by atoms with E-state index in [1.54, 1.807) is 18.4 Å². The molecule has 0 bridgehead atoms. The largest absolute Gasteiger partial charge is 0.495 e. The van der Waals surface area contributed by atoms with Crippen LogP contribution in [-0.2, 0) is 0 Å². The number of para-hydroxylation sites is 2. The van der Waals surface area contributed by atoms with Crippen molar-refractivity contribution in [3.63, 3.8) is 0 Å². The van der Waals surface area contributed by atoms with Crippen molar-refractivity contribution in [3.8, 4) is 5.75 Å². The molecule has 1 unspecified atom stereocenters. The molecule has 2 heterocycles. The molecule has 2 aromatic rings. The highest BCUT2D eigenvalue weighted by atomic mass is 32.1. The number of methoxy groups -OCH3 is 1. The van der Waals surface area contributed by atoms with Crippen molar-refractivity contribution in [1.29, 1.82) is 0 Å². The number of aliphatic hydroxyl groups excluding tert-OH is 1. The van der Waals surface area contributed by atoms with Gasteiger partial charge in [0, 0.05) is 37.6 Å². The first kappa shape index (κ1) is 17.3. The summed E-state index contributed by atoms with van der Waals surface area (Å²) in [5.41, 5.74) is 2.38. The number of ether oxygens (including phenoxy) is 1. The van der Waals surface area contributed by atoms with Crippen molar-refractivity contribution >= 4 is 17.0 Å². The summed E-state index contributed by atoms with van der Waals surface area (Å²) < 4.78 is 5.47. The monoisotopic (exact) mass is 346 g/mol. The molecule has 1 saturated heterocycles. The second-order valence-electron chi connectivity index (χ2n) is 6.27. The molecule has 0 spiro atoms. The Morgan fingerprint density at radius 2 is 1.92 bits per heavy atom. The average Bonchev–Trinajstić information content (AvgIpc) is 3.06. The molecule has 1 aliphatic rings. The molecule has 3 rings (SSSR count). The van der Waals surface area contributed by atoms with Gasteiger partial charge in [-0.15, -0.1) is 11.3 Å². The van der Waals surface area contributed by atoms with Crippen LogP contribution in [0.3, 0.4) is 0 Å². The number of benzene rings is 1. The summed E-state index contributed by atoms with van der Waals surface area (Å²) in [6.07, 6.45) is 0.466. The number of hydrogen-bond acceptors (Lipinski definition) is 5. The summed E-state index contributed by atoms with van der Waals surface area (Å²) >= 11 is 1.66. The van der Waals surface area contributed by atoms with Crippen LogP contribution in [0.4, 0.5) is 5.69 Å². The van der Waals surface area contributed by atoms with Crippen molar-refractivity contribution < 1.29 is 9.84 Å². The fourth-order valence-electron chi connectivity index (χ4n) is 3.27. The average molecular weight is 346 g/mol. The Morgan fingerprint density at radius 1 is 1.17 bits per heavy atom. The Kier molecular flexibility index (Phi) is 5.76. The number of hydrogen-bond donors (Lipinski definition) is 1. The van der Waals surface area contributed by atoms with Crippen LogP contribution in [0.15, 0.2) is 35.7 Å². The lowest BCUT2D eigenvalue weighted by atomic mass is 10.1. The van der Waals surface area contributed by atoms with Gasteiger partial charge >= 0.3 is 0 Å². The van der Waals surface area contributed by atoms with Crippen LogP contribution in [0.2, 0.25) is 0 Å². The standard InChI is InChI=1S/C19H26N2O2S/c1-15-8-14-24-19(15)17(22)7-9-20-10-12-21(13-11-20)16-5-3-4-6-18(16)23-2/h3-6,8,14,17,22H,7,9-13H2,1-2H3. The first-order valence-electron chi connectivity index (χ1n) is 8.51. The van der Waals surface area contributed by atoms with Gasteiger partial charge in [0.15, 0.2) is 0 Å². The van der Waals surface area contributed by atoms with Crippen LogP contribution in [0.25, 0.3) is 0 Å². The lowest BCUT2D eigenvalue weighted by molar-refractivity contribution is 0.142. The first-order valence-corrected chi connectivity index (χ1v) is 9.39. The number of rotatable bonds is 6. The van der Waals surface area contributed by atoms with Crippen molar-refractivity contribution in [2.75, 3.05) is 44.7 Å². The van der Waals surface area contributed by atoms with Gasteiger partial charge in [-0.1, -0.05) is 12.1 Å². The Labute approximate surface area is 148 Å². The van der Waals surface area contributed by atoms with Crippen LogP contribution in [0.1, 0.15) is 23.0 Å². The van der Waals surface area contributed by atoms with Gasteiger partial charge in [0.2, 0.25) is 0 Å². The molecule has 1 aliphatic heterocycles. The molecule has 1 fully saturated rings. The maximum atomic E-state index is 10.4. The minimum Gasteiger partial charge on any atom is -0.495 e. The first-order chi connectivity index (χ1) is 11.7. The second kappa shape index (κ2) is 8.01. The molecule has 130 valence electrons. The van der Waals surface area contributed by atoms with Crippen LogP contribution >= 0.6 is 11.3 Å². The highest BCUT2D eigenvalue weighted by Gasteiger charge is 2.20. The van der Waals surface area contributed by atoms with E-state index in [0.29, 0.717) is 0 Å². The molecule has 1 aromatic carbocycles. The smallest absolute Gasteiger partial charge is 0.142 e. The quantitative estimate of drug-likeness (QED) is 0.870. The Balaban J connectivity index is 1.49. The summed E-state index contributed by atoms with van der Waals surface area (Å²) in [4.78, 5) is 5.94. The Bertz CT molecular complexity index is 650. The van der Waals surface area contributed by atoms with Gasteiger partial charge in [0.25, 0.3) is 0 Å². The molecule has 1 aromatic heterocycles. The molecule has 5 heteroatoms. The fraction of sp³-hybridized carbons (Fsp3) is 0.474. The zero-order valence-corrected chi connectivity index (χ0v) is 15.3. The highest BCUT2D eigenvalue weighted by Crippen LogP contribution is 2.29. The molecule has 0 amide bonds. The third-order valence-corrected chi connectivity index (χ3v) is 5.84. The van der Waals surface area contributed by atoms with Crippen LogP contribution in [0.5, 0.6) is 5.75 Å². The van der Waals surface area contributed by atoms with Gasteiger partial charge in [-0.25, -0.2) is 0 Å². The zero-order chi connectivity index (χ0) is 16.9. The van der Waals surface area contributed by atoms with Crippen molar-refractivity contribution in [1.82, 2.24) is 4.90 Å². The van der Waals surface area contributed by atoms with Gasteiger partial charge in [-0.05, 0) is 42.5 Å². The summed E-state index contributed by atoms with van der Waals surface area (Å²) in [7, 11) is 1.73. The summed E-state index contributed by atoms with van der Waals surface area (Å²) in [5, 5.41) is 12.4. The molecule has 1 N–H and O–H groups in total. The zero-order valence-electron chi connectivity index (χ0n) is 14.4. The molecular weight excluding hydrogens is 320 g/mol. The predicted molar refractivity (Wildman–Crippen MR) is 100 cm³/mol. The molecule has 0 radical (unpaired) electrons. The van der Waals surface area contributed by atoms with Gasteiger partial charge in [0.05, 0.1) is 18.9 Å². The number of anilines is 1. The summed E-state index contributed by atoms with van der Waals surface area (Å²) in [5.74, 6) is 0.939. The predicted octanol–water partition coefficient (Wildman–Crippen LogP) is 3.31. The second-order valence-corrected chi connectivity index (χ2v) is 7.22. The molecular formula is C19H26N2O2S. The van der Waals surface area contributed by atoms with E-state index in [9.17, 15) is 5.11 Å². The minimum absolute atomic E-state index is 0.336. The summed E-state index contributed by atoms with van der Waals surface area (Å²) in [6.45, 7) is 7.05. The van der Waals surface area contributed by atoms with E-state index in [4.69, 9.17) is 4.74 Å². The molecule has 0 aliphatic carbocycles. The summed E-state index contributed by atoms with van der Waals surface area (Å²) in [6, 6.07) is 10.3. The van der Waals surface area contributed by atoms with Crippen LogP contribution in [-0.4, -0.2) is 49.8 Å². The van der Waals surface area contributed by atoms with Crippen LogP contribution in [0, 0.1) is 6.92 Å². The number of aliphatic hydroxyl groups is 1. The SMILES string of the molecule is COc1ccccc1N1CCN(CCC(O)c2sccc2C)CC1. The third-order valence-electron chi connectivity index (χ3n) is 4.72. The number of aryl methyl sites for hydroxylation is 1. The van der Waals surface area contributed by atoms with Crippen LogP contribution < -0.4 is 9.64 Å². The minimum atomic E-state index is -0.336. The Morgan fingerprint density at radius 3 is 2.58 bits per heavy atom. The normalized spacial score (nSPS) is 17.0. The van der Waals surface area contributed by atoms with E-state index < -0.39 is 0 Å². The molecule has 24 heavy (non-hydrogen) atoms. The van der Waals surface area contributed by atoms with Crippen molar-refractivity contribution in [2.45, 2.75) is 19.4 Å². The molecule has 4 nitrogen and oxygen atoms in total. The van der Waals surface area contributed by atoms with E-state index in [1.807, 2.05) is 12.1 Å². The highest BCUT2D eigenvalue weighted by molar-refractivity contribution is 7.10. The van der Waals surface area contributed by atoms with E-state index in [1.165, 1.54) is 11.3 Å². The van der Waals surface area contributed by atoms with Gasteiger partial charge in [0.1, 0.15) is 5.75 Å². The molecule has 1 atom stereocenters. The number of piperazine rings is 1. The number of thiophene rings is 1. The topological polar surface area (TPSA) is 35.9 Å². The van der Waals surface area contributed by atoms with E-state index >= 15 is 0 Å². The van der Waals surface area contributed by atoms with Crippen molar-refractivity contribution in [3.05, 3.63) is 46.2 Å². The van der Waals surface area contributed by atoms with Gasteiger partial charge < -0.3 is 14.7 Å². The fourth-order valence-corrected chi connectivity index (χ4v) is 4.21. The maximum absolute atomic E-state index is 10.4.